The number of nitrogens with zero attached hydrogens (tertiary/aromatic N) is 6. The highest BCUT2D eigenvalue weighted by atomic mass is 32.1. The molecule has 0 radical (unpaired) electrons. The van der Waals surface area contributed by atoms with E-state index in [1.807, 2.05) is 80.6 Å². The van der Waals surface area contributed by atoms with Crippen molar-refractivity contribution >= 4 is 28.7 Å². The molecule has 0 saturated carbocycles. The molecule has 0 spiro atoms. The van der Waals surface area contributed by atoms with E-state index >= 15 is 0 Å². The van der Waals surface area contributed by atoms with Crippen LogP contribution in [0.3, 0.4) is 0 Å². The van der Waals surface area contributed by atoms with Crippen LogP contribution in [0.2, 0.25) is 0 Å². The lowest BCUT2D eigenvalue weighted by Gasteiger charge is -2.21. The van der Waals surface area contributed by atoms with Crippen molar-refractivity contribution in [1.82, 2.24) is 25.1 Å². The van der Waals surface area contributed by atoms with Crippen LogP contribution in [-0.2, 0) is 0 Å². The van der Waals surface area contributed by atoms with Gasteiger partial charge >= 0.3 is 0 Å². The van der Waals surface area contributed by atoms with Crippen LogP contribution in [-0.4, -0.2) is 65.2 Å². The molecule has 168 valence electrons. The molecule has 0 fully saturated rings. The molecule has 0 bridgehead atoms. The van der Waals surface area contributed by atoms with Gasteiger partial charge in [0.15, 0.2) is 5.82 Å². The predicted molar refractivity (Wildman–Crippen MR) is 133 cm³/mol. The van der Waals surface area contributed by atoms with Gasteiger partial charge in [-0.25, -0.2) is 9.97 Å². The molecule has 9 heteroatoms. The first-order valence-corrected chi connectivity index (χ1v) is 11.4. The smallest absolute Gasteiger partial charge is 0.274 e. The van der Waals surface area contributed by atoms with Crippen molar-refractivity contribution in [3.8, 4) is 22.0 Å². The number of nitrogens with one attached hydrogen (secondary N) is 1. The quantitative estimate of drug-likeness (QED) is 0.427. The maximum atomic E-state index is 13.3. The Morgan fingerprint density at radius 3 is 2.45 bits per heavy atom. The third kappa shape index (κ3) is 5.57. The first kappa shape index (κ1) is 22.5. The highest BCUT2D eigenvalue weighted by Gasteiger charge is 2.17. The van der Waals surface area contributed by atoms with E-state index in [1.165, 1.54) is 11.3 Å². The number of hydrogen-bond acceptors (Lipinski definition) is 8. The zero-order valence-corrected chi connectivity index (χ0v) is 19.6. The minimum atomic E-state index is -0.311. The van der Waals surface area contributed by atoms with Gasteiger partial charge in [-0.15, -0.1) is 10.2 Å². The van der Waals surface area contributed by atoms with Crippen molar-refractivity contribution in [3.05, 3.63) is 71.9 Å². The number of aromatic nitrogens is 4. The Kier molecular flexibility index (Phi) is 7.01. The highest BCUT2D eigenvalue weighted by molar-refractivity contribution is 7.12. The number of amides is 1. The van der Waals surface area contributed by atoms with Gasteiger partial charge in [0, 0.05) is 37.3 Å². The van der Waals surface area contributed by atoms with Crippen LogP contribution < -0.4 is 10.2 Å². The van der Waals surface area contributed by atoms with Gasteiger partial charge in [0.2, 0.25) is 0 Å². The van der Waals surface area contributed by atoms with Gasteiger partial charge in [-0.1, -0.05) is 53.8 Å². The van der Waals surface area contributed by atoms with Crippen LogP contribution in [0.4, 0.5) is 11.5 Å². The maximum Gasteiger partial charge on any atom is 0.274 e. The van der Waals surface area contributed by atoms with Crippen LogP contribution in [0.5, 0.6) is 0 Å². The summed E-state index contributed by atoms with van der Waals surface area (Å²) < 4.78 is 0. The Bertz CT molecular complexity index is 1210. The number of likely N-dealkylation sites (N-methyl/N-ethyl adjacent to an activating group) is 2. The normalized spacial score (nSPS) is 10.9. The average molecular weight is 460 g/mol. The predicted octanol–water partition coefficient (Wildman–Crippen LogP) is 3.91. The lowest BCUT2D eigenvalue weighted by atomic mass is 10.1. The van der Waals surface area contributed by atoms with E-state index in [2.05, 4.69) is 25.4 Å². The standard InChI is InChI=1S/C24H25N7OS/c1-30(2)13-14-31(3)21-15-20(26-22(28-21)17-9-5-4-6-10-17)23(32)27-19-12-8-7-11-18(19)24-29-25-16-33-24/h4-12,15-16H,13-14H2,1-3H3,(H,27,32). The van der Waals surface area contributed by atoms with Crippen molar-refractivity contribution in [2.75, 3.05) is 44.4 Å². The summed E-state index contributed by atoms with van der Waals surface area (Å²) in [5, 5.41) is 11.8. The van der Waals surface area contributed by atoms with Crippen molar-refractivity contribution in [2.24, 2.45) is 0 Å². The zero-order chi connectivity index (χ0) is 23.2. The Hall–Kier alpha value is -3.69. The Morgan fingerprint density at radius 1 is 0.970 bits per heavy atom. The van der Waals surface area contributed by atoms with Crippen LogP contribution >= 0.6 is 11.3 Å². The Morgan fingerprint density at radius 2 is 1.73 bits per heavy atom. The molecule has 33 heavy (non-hydrogen) atoms. The summed E-state index contributed by atoms with van der Waals surface area (Å²) >= 11 is 1.42. The molecular weight excluding hydrogens is 434 g/mol. The fraction of sp³-hybridized carbons (Fsp3) is 0.208. The molecule has 8 nitrogen and oxygen atoms in total. The summed E-state index contributed by atoms with van der Waals surface area (Å²) in [5.41, 5.74) is 4.28. The first-order chi connectivity index (χ1) is 16.0. The van der Waals surface area contributed by atoms with E-state index in [4.69, 9.17) is 4.98 Å². The Labute approximate surface area is 197 Å². The number of rotatable bonds is 8. The van der Waals surface area contributed by atoms with Crippen LogP contribution in [0.1, 0.15) is 10.5 Å². The molecule has 2 aromatic carbocycles. The number of benzene rings is 2. The van der Waals surface area contributed by atoms with Crippen LogP contribution in [0.25, 0.3) is 22.0 Å². The van der Waals surface area contributed by atoms with Gasteiger partial charge in [0.25, 0.3) is 5.91 Å². The average Bonchev–Trinajstić information content (AvgIpc) is 3.38. The van der Waals surface area contributed by atoms with Gasteiger partial charge in [0.05, 0.1) is 5.69 Å². The van der Waals surface area contributed by atoms with Crippen LogP contribution in [0.15, 0.2) is 66.2 Å². The molecule has 0 unspecified atom stereocenters. The third-order valence-corrected chi connectivity index (χ3v) is 5.74. The second-order valence-electron chi connectivity index (χ2n) is 7.77. The highest BCUT2D eigenvalue weighted by Crippen LogP contribution is 2.29. The van der Waals surface area contributed by atoms with E-state index in [0.717, 1.165) is 29.2 Å². The van der Waals surface area contributed by atoms with E-state index < -0.39 is 0 Å². The summed E-state index contributed by atoms with van der Waals surface area (Å²) in [6.07, 6.45) is 0. The topological polar surface area (TPSA) is 87.1 Å². The van der Waals surface area contributed by atoms with Gasteiger partial charge < -0.3 is 15.1 Å². The van der Waals surface area contributed by atoms with E-state index in [0.29, 0.717) is 23.0 Å². The van der Waals surface area contributed by atoms with Gasteiger partial charge in [0.1, 0.15) is 22.0 Å². The van der Waals surface area contributed by atoms with Crippen molar-refractivity contribution in [2.45, 2.75) is 0 Å². The molecule has 1 amide bonds. The fourth-order valence-corrected chi connectivity index (χ4v) is 3.78. The van der Waals surface area contributed by atoms with Gasteiger partial charge in [-0.3, -0.25) is 4.79 Å². The number of anilines is 2. The Balaban J connectivity index is 1.68. The molecule has 2 aromatic heterocycles. The summed E-state index contributed by atoms with van der Waals surface area (Å²) in [6, 6.07) is 18.9. The molecule has 2 heterocycles. The number of carbonyl (C=O) groups is 1. The first-order valence-electron chi connectivity index (χ1n) is 10.5. The second-order valence-corrected chi connectivity index (χ2v) is 8.60. The summed E-state index contributed by atoms with van der Waals surface area (Å²) in [7, 11) is 6.02. The zero-order valence-electron chi connectivity index (χ0n) is 18.8. The molecular formula is C24H25N7OS. The minimum Gasteiger partial charge on any atom is -0.358 e. The fourth-order valence-electron chi connectivity index (χ4n) is 3.18. The lowest BCUT2D eigenvalue weighted by molar-refractivity contribution is 0.102. The van der Waals surface area contributed by atoms with Crippen molar-refractivity contribution in [3.63, 3.8) is 0 Å². The van der Waals surface area contributed by atoms with Gasteiger partial charge in [-0.05, 0) is 26.2 Å². The number of para-hydroxylation sites is 1. The summed E-state index contributed by atoms with van der Waals surface area (Å²) in [6.45, 7) is 1.62. The largest absolute Gasteiger partial charge is 0.358 e. The van der Waals surface area contributed by atoms with Gasteiger partial charge in [-0.2, -0.15) is 0 Å². The molecule has 4 aromatic rings. The summed E-state index contributed by atoms with van der Waals surface area (Å²) in [5.74, 6) is 0.884. The van der Waals surface area contributed by atoms with Crippen LogP contribution in [0, 0.1) is 0 Å². The molecule has 0 atom stereocenters. The lowest BCUT2D eigenvalue weighted by Crippen LogP contribution is -2.29. The SMILES string of the molecule is CN(C)CCN(C)c1cc(C(=O)Nc2ccccc2-c2nncs2)nc(-c2ccccc2)n1. The summed E-state index contributed by atoms with van der Waals surface area (Å²) in [4.78, 5) is 26.7. The maximum absolute atomic E-state index is 13.3. The molecule has 1 N–H and O–H groups in total. The van der Waals surface area contributed by atoms with Crippen molar-refractivity contribution in [1.29, 1.82) is 0 Å². The third-order valence-electron chi connectivity index (χ3n) is 5.02. The number of carbonyl (C=O) groups excluding carboxylic acids is 1. The van der Waals surface area contributed by atoms with Crippen molar-refractivity contribution < 1.29 is 4.79 Å². The molecule has 0 saturated heterocycles. The van der Waals surface area contributed by atoms with E-state index in [-0.39, 0.29) is 5.91 Å². The molecule has 4 rings (SSSR count). The van der Waals surface area contributed by atoms with E-state index in [1.54, 1.807) is 11.6 Å². The molecule has 0 aliphatic heterocycles. The molecule has 0 aliphatic rings. The second kappa shape index (κ2) is 10.3. The molecule has 0 aliphatic carbocycles. The number of hydrogen-bond donors (Lipinski definition) is 1. The minimum absolute atomic E-state index is 0.294. The monoisotopic (exact) mass is 459 g/mol. The van der Waals surface area contributed by atoms with E-state index in [9.17, 15) is 4.79 Å².